The SMILES string of the molecule is CCCCCCCCCCCCCCCCCC(=O)O.CCCCCCCCCCCCCCCCCC(=O)O.OCCOCCO. The number of hydrogen-bond acceptors (Lipinski definition) is 5. The Labute approximate surface area is 292 Å². The van der Waals surface area contributed by atoms with E-state index in [-0.39, 0.29) is 13.2 Å². The molecule has 7 heteroatoms. The van der Waals surface area contributed by atoms with Crippen molar-refractivity contribution in [3.8, 4) is 0 Å². The van der Waals surface area contributed by atoms with Crippen molar-refractivity contribution in [3.63, 3.8) is 0 Å². The number of aliphatic carboxylic acids is 2. The van der Waals surface area contributed by atoms with Gasteiger partial charge in [0, 0.05) is 12.8 Å². The molecule has 0 aromatic carbocycles. The number of unbranched alkanes of at least 4 members (excludes halogenated alkanes) is 28. The molecule has 0 rings (SSSR count). The summed E-state index contributed by atoms with van der Waals surface area (Å²) in [4.78, 5) is 20.7. The fourth-order valence-corrected chi connectivity index (χ4v) is 5.53. The van der Waals surface area contributed by atoms with Gasteiger partial charge in [-0.1, -0.05) is 194 Å². The van der Waals surface area contributed by atoms with Crippen LogP contribution in [0.3, 0.4) is 0 Å². The summed E-state index contributed by atoms with van der Waals surface area (Å²) in [6.07, 6.45) is 40.4. The van der Waals surface area contributed by atoms with Gasteiger partial charge >= 0.3 is 11.9 Å². The van der Waals surface area contributed by atoms with Gasteiger partial charge in [-0.05, 0) is 12.8 Å². The molecule has 0 saturated heterocycles. The number of carboxylic acid groups (broad SMARTS) is 2. The van der Waals surface area contributed by atoms with Crippen LogP contribution in [0.5, 0.6) is 0 Å². The van der Waals surface area contributed by atoms with Crippen LogP contribution >= 0.6 is 0 Å². The molecule has 0 spiro atoms. The van der Waals surface area contributed by atoms with Gasteiger partial charge in [-0.2, -0.15) is 0 Å². The van der Waals surface area contributed by atoms with E-state index in [1.165, 1.54) is 167 Å². The van der Waals surface area contributed by atoms with Crippen molar-refractivity contribution in [2.75, 3.05) is 26.4 Å². The lowest BCUT2D eigenvalue weighted by molar-refractivity contribution is -0.138. The number of hydrogen-bond donors (Lipinski definition) is 4. The van der Waals surface area contributed by atoms with Crippen molar-refractivity contribution >= 4 is 11.9 Å². The minimum Gasteiger partial charge on any atom is -0.481 e. The zero-order valence-corrected chi connectivity index (χ0v) is 31.5. The molecule has 7 nitrogen and oxygen atoms in total. The zero-order chi connectivity index (χ0) is 35.3. The Hall–Kier alpha value is -1.18. The first-order valence-corrected chi connectivity index (χ1v) is 20.2. The van der Waals surface area contributed by atoms with Gasteiger partial charge in [0.15, 0.2) is 0 Å². The number of ether oxygens (including phenoxy) is 1. The molecule has 47 heavy (non-hydrogen) atoms. The van der Waals surface area contributed by atoms with Crippen molar-refractivity contribution in [1.29, 1.82) is 0 Å². The van der Waals surface area contributed by atoms with Crippen LogP contribution in [0.1, 0.15) is 219 Å². The first-order valence-electron chi connectivity index (χ1n) is 20.2. The fourth-order valence-electron chi connectivity index (χ4n) is 5.53. The van der Waals surface area contributed by atoms with E-state index in [2.05, 4.69) is 18.6 Å². The summed E-state index contributed by atoms with van der Waals surface area (Å²) in [6.45, 7) is 5.24. The van der Waals surface area contributed by atoms with Gasteiger partial charge < -0.3 is 25.2 Å². The third-order valence-corrected chi connectivity index (χ3v) is 8.46. The van der Waals surface area contributed by atoms with Crippen LogP contribution in [-0.2, 0) is 14.3 Å². The van der Waals surface area contributed by atoms with Crippen molar-refractivity contribution in [2.24, 2.45) is 0 Å². The Morgan fingerprint density at radius 3 is 0.723 bits per heavy atom. The number of aliphatic hydroxyl groups is 2. The molecule has 4 N–H and O–H groups in total. The van der Waals surface area contributed by atoms with Crippen molar-refractivity contribution < 1.29 is 34.8 Å². The highest BCUT2D eigenvalue weighted by atomic mass is 16.5. The average Bonchev–Trinajstić information content (AvgIpc) is 3.05. The minimum absolute atomic E-state index is 0.0278. The first-order chi connectivity index (χ1) is 23.0. The predicted molar refractivity (Wildman–Crippen MR) is 199 cm³/mol. The number of rotatable bonds is 36. The third kappa shape index (κ3) is 60.6. The van der Waals surface area contributed by atoms with Crippen molar-refractivity contribution in [2.45, 2.75) is 219 Å². The molecular weight excluding hydrogens is 592 g/mol. The Bertz CT molecular complexity index is 523. The van der Waals surface area contributed by atoms with Crippen LogP contribution in [0.25, 0.3) is 0 Å². The minimum atomic E-state index is -0.653. The van der Waals surface area contributed by atoms with Gasteiger partial charge in [-0.15, -0.1) is 0 Å². The van der Waals surface area contributed by atoms with Gasteiger partial charge in [-0.3, -0.25) is 9.59 Å². The van der Waals surface area contributed by atoms with Gasteiger partial charge in [0.05, 0.1) is 26.4 Å². The lowest BCUT2D eigenvalue weighted by Crippen LogP contribution is -2.03. The number of carboxylic acids is 2. The summed E-state index contributed by atoms with van der Waals surface area (Å²) < 4.78 is 4.63. The fraction of sp³-hybridized carbons (Fsp3) is 0.950. The maximum atomic E-state index is 10.3. The van der Waals surface area contributed by atoms with Crippen molar-refractivity contribution in [3.05, 3.63) is 0 Å². The van der Waals surface area contributed by atoms with Crippen LogP contribution in [0.15, 0.2) is 0 Å². The van der Waals surface area contributed by atoms with Gasteiger partial charge in [-0.25, -0.2) is 0 Å². The summed E-state index contributed by atoms with van der Waals surface area (Å²) in [5, 5.41) is 33.2. The molecule has 0 radical (unpaired) electrons. The molecule has 0 bridgehead atoms. The summed E-state index contributed by atoms with van der Waals surface area (Å²) in [5.41, 5.74) is 0. The molecule has 0 aliphatic rings. The molecule has 0 unspecified atom stereocenters. The van der Waals surface area contributed by atoms with E-state index in [9.17, 15) is 9.59 Å². The number of aliphatic hydroxyl groups excluding tert-OH is 2. The molecule has 0 aliphatic carbocycles. The molecule has 0 aliphatic heterocycles. The molecule has 0 aromatic heterocycles. The van der Waals surface area contributed by atoms with Gasteiger partial charge in [0.2, 0.25) is 0 Å². The maximum absolute atomic E-state index is 10.3. The quantitative estimate of drug-likeness (QED) is 0.0487. The smallest absolute Gasteiger partial charge is 0.303 e. The standard InChI is InChI=1S/2C18H36O2.C4H10O3/c2*1-2-3-4-5-6-7-8-9-10-11-12-13-14-15-16-17-18(19)20;5-1-3-7-4-2-6/h2*2-17H2,1H3,(H,19,20);5-6H,1-4H2. The second-order valence-electron chi connectivity index (χ2n) is 13.2. The van der Waals surface area contributed by atoms with E-state index < -0.39 is 11.9 Å². The highest BCUT2D eigenvalue weighted by molar-refractivity contribution is 5.66. The lowest BCUT2D eigenvalue weighted by Gasteiger charge is -2.03. The molecule has 0 saturated carbocycles. The molecule has 0 fully saturated rings. The van der Waals surface area contributed by atoms with E-state index in [1.54, 1.807) is 0 Å². The number of carbonyl (C=O) groups is 2. The van der Waals surface area contributed by atoms with Crippen LogP contribution in [-0.4, -0.2) is 58.8 Å². The van der Waals surface area contributed by atoms with E-state index in [0.717, 1.165) is 25.7 Å². The van der Waals surface area contributed by atoms with E-state index in [0.29, 0.717) is 26.1 Å². The Kier molecular flexibility index (Phi) is 52.6. The van der Waals surface area contributed by atoms with Crippen LogP contribution < -0.4 is 0 Å². The molecule has 0 aromatic rings. The van der Waals surface area contributed by atoms with Gasteiger partial charge in [0.25, 0.3) is 0 Å². The zero-order valence-electron chi connectivity index (χ0n) is 31.5. The van der Waals surface area contributed by atoms with Crippen LogP contribution in [0.4, 0.5) is 0 Å². The average molecular weight is 675 g/mol. The maximum Gasteiger partial charge on any atom is 0.303 e. The molecule has 0 amide bonds. The predicted octanol–water partition coefficient (Wildman–Crippen LogP) is 11.7. The Morgan fingerprint density at radius 1 is 0.362 bits per heavy atom. The second kappa shape index (κ2) is 49.2. The van der Waals surface area contributed by atoms with Gasteiger partial charge in [0.1, 0.15) is 0 Å². The summed E-state index contributed by atoms with van der Waals surface area (Å²) >= 11 is 0. The second-order valence-corrected chi connectivity index (χ2v) is 13.2. The Morgan fingerprint density at radius 2 is 0.553 bits per heavy atom. The molecular formula is C40H82O7. The molecule has 0 heterocycles. The van der Waals surface area contributed by atoms with E-state index >= 15 is 0 Å². The normalized spacial score (nSPS) is 10.6. The molecule has 284 valence electrons. The topological polar surface area (TPSA) is 124 Å². The third-order valence-electron chi connectivity index (χ3n) is 8.46. The largest absolute Gasteiger partial charge is 0.481 e. The monoisotopic (exact) mass is 675 g/mol. The van der Waals surface area contributed by atoms with E-state index in [4.69, 9.17) is 20.4 Å². The highest BCUT2D eigenvalue weighted by Crippen LogP contribution is 2.15. The first kappa shape index (κ1) is 50.2. The lowest BCUT2D eigenvalue weighted by atomic mass is 10.0. The van der Waals surface area contributed by atoms with E-state index in [1.807, 2.05) is 0 Å². The summed E-state index contributed by atoms with van der Waals surface area (Å²) in [7, 11) is 0. The highest BCUT2D eigenvalue weighted by Gasteiger charge is 1.98. The molecule has 0 atom stereocenters. The van der Waals surface area contributed by atoms with Crippen LogP contribution in [0.2, 0.25) is 0 Å². The Balaban J connectivity index is -0.000000685. The summed E-state index contributed by atoms with van der Waals surface area (Å²) in [5.74, 6) is -1.31. The summed E-state index contributed by atoms with van der Waals surface area (Å²) in [6, 6.07) is 0. The van der Waals surface area contributed by atoms with Crippen LogP contribution in [0, 0.1) is 0 Å². The van der Waals surface area contributed by atoms with Crippen molar-refractivity contribution in [1.82, 2.24) is 0 Å².